The van der Waals surface area contributed by atoms with Crippen molar-refractivity contribution < 1.29 is 10.2 Å². The Morgan fingerprint density at radius 2 is 2.14 bits per heavy atom. The van der Waals surface area contributed by atoms with Crippen LogP contribution in [-0.4, -0.2) is 22.4 Å². The number of hydrogen-bond donors (Lipinski definition) is 2. The molecule has 0 amide bonds. The minimum Gasteiger partial charge on any atom is -0.388 e. The van der Waals surface area contributed by atoms with E-state index in [0.29, 0.717) is 6.42 Å². The molecule has 0 saturated carbocycles. The molecule has 7 heavy (non-hydrogen) atoms. The summed E-state index contributed by atoms with van der Waals surface area (Å²) in [4.78, 5) is 0. The van der Waals surface area contributed by atoms with E-state index in [1.54, 1.807) is 0 Å². The fourth-order valence-electron chi connectivity index (χ4n) is 0.476. The van der Waals surface area contributed by atoms with Crippen LogP contribution in [0.4, 0.5) is 0 Å². The molecule has 2 atom stereocenters. The van der Waals surface area contributed by atoms with E-state index < -0.39 is 12.2 Å². The van der Waals surface area contributed by atoms with E-state index in [-0.39, 0.29) is 0 Å². The average molecular weight is 98.1 g/mol. The van der Waals surface area contributed by atoms with Crippen molar-refractivity contribution in [2.45, 2.75) is 18.6 Å². The fourth-order valence-corrected chi connectivity index (χ4v) is 0.476. The molecule has 1 aliphatic carbocycles. The molecule has 2 nitrogen and oxygen atoms in total. The van der Waals surface area contributed by atoms with Crippen molar-refractivity contribution in [1.82, 2.24) is 0 Å². The van der Waals surface area contributed by atoms with Crippen LogP contribution in [0.1, 0.15) is 6.42 Å². The Bertz CT molecular complexity index is 120. The fraction of sp³-hybridized carbons (Fsp3) is 0.600. The van der Waals surface area contributed by atoms with Gasteiger partial charge in [0.2, 0.25) is 0 Å². The molecule has 38 valence electrons. The minimum absolute atomic E-state index is 0.418. The molecule has 2 heteroatoms. The topological polar surface area (TPSA) is 40.5 Å². The van der Waals surface area contributed by atoms with E-state index in [0.717, 1.165) is 0 Å². The highest BCUT2D eigenvalue weighted by Gasteiger charge is 2.15. The lowest BCUT2D eigenvalue weighted by molar-refractivity contribution is 0.0646. The summed E-state index contributed by atoms with van der Waals surface area (Å²) >= 11 is 0. The van der Waals surface area contributed by atoms with Gasteiger partial charge in [0.1, 0.15) is 12.2 Å². The highest BCUT2D eigenvalue weighted by molar-refractivity contribution is 5.15. The minimum atomic E-state index is -0.792. The number of hydrogen-bond acceptors (Lipinski definition) is 2. The van der Waals surface area contributed by atoms with Crippen LogP contribution in [0.3, 0.4) is 0 Å². The van der Waals surface area contributed by atoms with Crippen molar-refractivity contribution in [2.24, 2.45) is 0 Å². The van der Waals surface area contributed by atoms with Crippen LogP contribution in [0.5, 0.6) is 0 Å². The second-order valence-electron chi connectivity index (χ2n) is 1.54. The van der Waals surface area contributed by atoms with Gasteiger partial charge in [-0.3, -0.25) is 0 Å². The number of aliphatic hydroxyl groups excluding tert-OH is 2. The summed E-state index contributed by atoms with van der Waals surface area (Å²) in [5.41, 5.74) is 0. The molecule has 0 aliphatic heterocycles. The van der Waals surface area contributed by atoms with E-state index in [4.69, 9.17) is 10.2 Å². The molecule has 0 heterocycles. The Morgan fingerprint density at radius 1 is 1.43 bits per heavy atom. The molecule has 0 aromatic carbocycles. The third-order valence-electron chi connectivity index (χ3n) is 0.926. The summed E-state index contributed by atoms with van der Waals surface area (Å²) in [6.07, 6.45) is -1.03. The normalized spacial score (nSPS) is 37.4. The van der Waals surface area contributed by atoms with Gasteiger partial charge in [-0.25, -0.2) is 0 Å². The van der Waals surface area contributed by atoms with Crippen molar-refractivity contribution in [2.75, 3.05) is 0 Å². The second-order valence-corrected chi connectivity index (χ2v) is 1.54. The third kappa shape index (κ3) is 0.738. The first-order valence-electron chi connectivity index (χ1n) is 2.15. The molecular formula is C5H6O2. The van der Waals surface area contributed by atoms with Gasteiger partial charge in [-0.1, -0.05) is 11.8 Å². The quantitative estimate of drug-likeness (QED) is 0.386. The predicted molar refractivity (Wildman–Crippen MR) is 24.4 cm³/mol. The highest BCUT2D eigenvalue weighted by Crippen LogP contribution is 2.01. The van der Waals surface area contributed by atoms with Crippen LogP contribution in [0.25, 0.3) is 0 Å². The monoisotopic (exact) mass is 98.0 g/mol. The predicted octanol–water partition coefficient (Wildman–Crippen LogP) is -0.885. The van der Waals surface area contributed by atoms with Crippen molar-refractivity contribution in [3.05, 3.63) is 0 Å². The largest absolute Gasteiger partial charge is 0.388 e. The van der Waals surface area contributed by atoms with Gasteiger partial charge in [0.25, 0.3) is 0 Å². The summed E-state index contributed by atoms with van der Waals surface area (Å²) in [7, 11) is 0. The maximum absolute atomic E-state index is 8.62. The van der Waals surface area contributed by atoms with Gasteiger partial charge in [0.05, 0.1) is 0 Å². The smallest absolute Gasteiger partial charge is 0.141 e. The van der Waals surface area contributed by atoms with Crippen molar-refractivity contribution in [3.8, 4) is 11.8 Å². The zero-order chi connectivity index (χ0) is 5.28. The molecule has 2 N–H and O–H groups in total. The SMILES string of the molecule is O[C@@H]1CC#C[C@@H]1O. The first-order chi connectivity index (χ1) is 3.30. The molecule has 0 aromatic heterocycles. The van der Waals surface area contributed by atoms with Gasteiger partial charge in [0.15, 0.2) is 0 Å². The third-order valence-corrected chi connectivity index (χ3v) is 0.926. The van der Waals surface area contributed by atoms with Crippen molar-refractivity contribution >= 4 is 0 Å². The molecule has 0 radical (unpaired) electrons. The van der Waals surface area contributed by atoms with Gasteiger partial charge >= 0.3 is 0 Å². The van der Waals surface area contributed by atoms with Crippen molar-refractivity contribution in [3.63, 3.8) is 0 Å². The van der Waals surface area contributed by atoms with E-state index >= 15 is 0 Å². The molecule has 0 saturated heterocycles. The number of aliphatic hydroxyl groups is 2. The van der Waals surface area contributed by atoms with Crippen LogP contribution < -0.4 is 0 Å². The van der Waals surface area contributed by atoms with Crippen LogP contribution in [-0.2, 0) is 0 Å². The molecule has 0 unspecified atom stereocenters. The lowest BCUT2D eigenvalue weighted by atomic mass is 10.2. The van der Waals surface area contributed by atoms with Gasteiger partial charge < -0.3 is 10.2 Å². The van der Waals surface area contributed by atoms with Gasteiger partial charge in [-0.05, 0) is 0 Å². The molecule has 0 spiro atoms. The molecule has 1 rings (SSSR count). The second kappa shape index (κ2) is 1.53. The highest BCUT2D eigenvalue weighted by atomic mass is 16.3. The Hall–Kier alpha value is -0.520. The summed E-state index contributed by atoms with van der Waals surface area (Å²) < 4.78 is 0. The van der Waals surface area contributed by atoms with Crippen LogP contribution in [0.2, 0.25) is 0 Å². The zero-order valence-corrected chi connectivity index (χ0v) is 3.76. The van der Waals surface area contributed by atoms with Crippen LogP contribution in [0, 0.1) is 11.8 Å². The van der Waals surface area contributed by atoms with E-state index in [2.05, 4.69) is 11.8 Å². The molecule has 0 aromatic rings. The molecular weight excluding hydrogens is 92.1 g/mol. The summed E-state index contributed by atoms with van der Waals surface area (Å²) in [6.45, 7) is 0. The standard InChI is InChI=1S/C5H6O2/c6-4-2-1-3-5(4)7/h4-7H,2H2/t4-,5+/m1/s1. The van der Waals surface area contributed by atoms with Gasteiger partial charge in [-0.15, -0.1) is 0 Å². The zero-order valence-electron chi connectivity index (χ0n) is 3.76. The first kappa shape index (κ1) is 4.63. The van der Waals surface area contributed by atoms with Gasteiger partial charge in [0, 0.05) is 6.42 Å². The van der Waals surface area contributed by atoms with E-state index in [1.165, 1.54) is 0 Å². The Kier molecular flexibility index (Phi) is 1.01. The first-order valence-corrected chi connectivity index (χ1v) is 2.15. The molecule has 0 fully saturated rings. The Balaban J connectivity index is 2.50. The number of rotatable bonds is 0. The molecule has 0 bridgehead atoms. The van der Waals surface area contributed by atoms with Crippen molar-refractivity contribution in [1.29, 1.82) is 0 Å². The lowest BCUT2D eigenvalue weighted by Gasteiger charge is -2.01. The Labute approximate surface area is 41.8 Å². The van der Waals surface area contributed by atoms with E-state index in [1.807, 2.05) is 0 Å². The Morgan fingerprint density at radius 3 is 2.29 bits per heavy atom. The summed E-state index contributed by atoms with van der Waals surface area (Å²) in [5, 5.41) is 17.2. The maximum Gasteiger partial charge on any atom is 0.141 e. The van der Waals surface area contributed by atoms with Gasteiger partial charge in [-0.2, -0.15) is 0 Å². The van der Waals surface area contributed by atoms with Crippen LogP contribution >= 0.6 is 0 Å². The summed E-state index contributed by atoms with van der Waals surface area (Å²) in [6, 6.07) is 0. The maximum atomic E-state index is 8.62. The molecule has 1 aliphatic rings. The lowest BCUT2D eigenvalue weighted by Crippen LogP contribution is -2.18. The van der Waals surface area contributed by atoms with E-state index in [9.17, 15) is 0 Å². The summed E-state index contributed by atoms with van der Waals surface area (Å²) in [5.74, 6) is 5.00. The van der Waals surface area contributed by atoms with Crippen LogP contribution in [0.15, 0.2) is 0 Å². The average Bonchev–Trinajstić information content (AvgIpc) is 1.91.